The van der Waals surface area contributed by atoms with Crippen LogP contribution in [0.25, 0.3) is 0 Å². The maximum absolute atomic E-state index is 13.8. The van der Waals surface area contributed by atoms with E-state index in [2.05, 4.69) is 12.2 Å². The van der Waals surface area contributed by atoms with Crippen molar-refractivity contribution in [2.45, 2.75) is 13.5 Å². The Morgan fingerprint density at radius 1 is 1.35 bits per heavy atom. The van der Waals surface area contributed by atoms with E-state index in [1.165, 1.54) is 0 Å². The molecule has 0 bridgehead atoms. The molecule has 0 aliphatic carbocycles. The van der Waals surface area contributed by atoms with Crippen LogP contribution in [-0.4, -0.2) is 32.8 Å². The van der Waals surface area contributed by atoms with Gasteiger partial charge in [-0.25, -0.2) is 4.39 Å². The maximum atomic E-state index is 13.8. The van der Waals surface area contributed by atoms with Gasteiger partial charge in [0, 0.05) is 19.6 Å². The first kappa shape index (κ1) is 12.3. The van der Waals surface area contributed by atoms with Crippen LogP contribution in [0.5, 0.6) is 0 Å². The second kappa shape index (κ2) is 5.98. The zero-order chi connectivity index (χ0) is 12.1. The number of rotatable bonds is 4. The van der Waals surface area contributed by atoms with Gasteiger partial charge in [0.05, 0.1) is 18.9 Å². The molecule has 1 aromatic rings. The molecule has 94 valence electrons. The Bertz CT molecular complexity index is 364. The van der Waals surface area contributed by atoms with Crippen LogP contribution in [-0.2, 0) is 11.3 Å². The SMILES string of the molecule is CCNCc1ccc(F)c(N2CCOCC2)c1. The third-order valence-electron chi connectivity index (χ3n) is 2.94. The van der Waals surface area contributed by atoms with E-state index >= 15 is 0 Å². The van der Waals surface area contributed by atoms with Crippen molar-refractivity contribution in [2.75, 3.05) is 37.7 Å². The smallest absolute Gasteiger partial charge is 0.146 e. The van der Waals surface area contributed by atoms with E-state index in [9.17, 15) is 4.39 Å². The maximum Gasteiger partial charge on any atom is 0.146 e. The first-order valence-electron chi connectivity index (χ1n) is 6.13. The molecule has 0 radical (unpaired) electrons. The summed E-state index contributed by atoms with van der Waals surface area (Å²) in [5, 5.41) is 3.25. The fraction of sp³-hybridized carbons (Fsp3) is 0.538. The summed E-state index contributed by atoms with van der Waals surface area (Å²) >= 11 is 0. The Balaban J connectivity index is 2.13. The summed E-state index contributed by atoms with van der Waals surface area (Å²) in [7, 11) is 0. The highest BCUT2D eigenvalue weighted by Crippen LogP contribution is 2.21. The largest absolute Gasteiger partial charge is 0.378 e. The Labute approximate surface area is 102 Å². The number of benzene rings is 1. The van der Waals surface area contributed by atoms with Crippen LogP contribution in [0.1, 0.15) is 12.5 Å². The molecule has 0 unspecified atom stereocenters. The van der Waals surface area contributed by atoms with Crippen LogP contribution in [0.3, 0.4) is 0 Å². The van der Waals surface area contributed by atoms with Crippen molar-refractivity contribution in [2.24, 2.45) is 0 Å². The van der Waals surface area contributed by atoms with Crippen molar-refractivity contribution in [1.29, 1.82) is 0 Å². The Kier molecular flexibility index (Phi) is 4.34. The lowest BCUT2D eigenvalue weighted by molar-refractivity contribution is 0.122. The van der Waals surface area contributed by atoms with Gasteiger partial charge in [-0.3, -0.25) is 0 Å². The predicted molar refractivity (Wildman–Crippen MR) is 66.8 cm³/mol. The first-order chi connectivity index (χ1) is 8.31. The Hall–Kier alpha value is -1.13. The number of nitrogens with one attached hydrogen (secondary N) is 1. The first-order valence-corrected chi connectivity index (χ1v) is 6.13. The van der Waals surface area contributed by atoms with Crippen molar-refractivity contribution in [3.8, 4) is 0 Å². The lowest BCUT2D eigenvalue weighted by Crippen LogP contribution is -2.36. The molecule has 1 heterocycles. The van der Waals surface area contributed by atoms with Gasteiger partial charge in [0.1, 0.15) is 5.82 Å². The highest BCUT2D eigenvalue weighted by molar-refractivity contribution is 5.50. The van der Waals surface area contributed by atoms with Crippen LogP contribution < -0.4 is 10.2 Å². The molecule has 0 saturated carbocycles. The van der Waals surface area contributed by atoms with Gasteiger partial charge in [0.2, 0.25) is 0 Å². The molecule has 4 heteroatoms. The lowest BCUT2D eigenvalue weighted by atomic mass is 10.1. The number of nitrogens with zero attached hydrogens (tertiary/aromatic N) is 1. The van der Waals surface area contributed by atoms with E-state index in [0.29, 0.717) is 18.9 Å². The van der Waals surface area contributed by atoms with E-state index in [4.69, 9.17) is 4.74 Å². The van der Waals surface area contributed by atoms with Gasteiger partial charge < -0.3 is 15.0 Å². The Morgan fingerprint density at radius 3 is 2.82 bits per heavy atom. The van der Waals surface area contributed by atoms with Crippen molar-refractivity contribution >= 4 is 5.69 Å². The predicted octanol–water partition coefficient (Wildman–Crippen LogP) is 1.77. The lowest BCUT2D eigenvalue weighted by Gasteiger charge is -2.29. The molecule has 0 spiro atoms. The van der Waals surface area contributed by atoms with Crippen LogP contribution in [0.15, 0.2) is 18.2 Å². The highest BCUT2D eigenvalue weighted by atomic mass is 19.1. The topological polar surface area (TPSA) is 24.5 Å². The number of ether oxygens (including phenoxy) is 1. The number of hydrogen-bond donors (Lipinski definition) is 1. The van der Waals surface area contributed by atoms with Crippen molar-refractivity contribution in [1.82, 2.24) is 5.32 Å². The van der Waals surface area contributed by atoms with Gasteiger partial charge in [-0.05, 0) is 24.2 Å². The average molecular weight is 238 g/mol. The molecule has 1 saturated heterocycles. The van der Waals surface area contributed by atoms with Crippen LogP contribution in [0.2, 0.25) is 0 Å². The standard InChI is InChI=1S/C13H19FN2O/c1-2-15-10-11-3-4-12(14)13(9-11)16-5-7-17-8-6-16/h3-4,9,15H,2,5-8,10H2,1H3. The van der Waals surface area contributed by atoms with Gasteiger partial charge in [-0.15, -0.1) is 0 Å². The van der Waals surface area contributed by atoms with Crippen molar-refractivity contribution in [3.63, 3.8) is 0 Å². The van der Waals surface area contributed by atoms with E-state index < -0.39 is 0 Å². The van der Waals surface area contributed by atoms with E-state index in [-0.39, 0.29) is 5.82 Å². The van der Waals surface area contributed by atoms with Gasteiger partial charge in [0.15, 0.2) is 0 Å². The fourth-order valence-corrected chi connectivity index (χ4v) is 1.98. The van der Waals surface area contributed by atoms with Gasteiger partial charge in [0.25, 0.3) is 0 Å². The van der Waals surface area contributed by atoms with Crippen LogP contribution in [0, 0.1) is 5.82 Å². The molecule has 1 fully saturated rings. The summed E-state index contributed by atoms with van der Waals surface area (Å²) in [6, 6.07) is 5.32. The Morgan fingerprint density at radius 2 is 2.12 bits per heavy atom. The number of anilines is 1. The molecule has 1 aliphatic heterocycles. The number of hydrogen-bond acceptors (Lipinski definition) is 3. The minimum Gasteiger partial charge on any atom is -0.378 e. The number of halogens is 1. The monoisotopic (exact) mass is 238 g/mol. The van der Waals surface area contributed by atoms with Gasteiger partial charge in [-0.2, -0.15) is 0 Å². The molecular weight excluding hydrogens is 219 g/mol. The summed E-state index contributed by atoms with van der Waals surface area (Å²) in [5.74, 6) is -0.146. The molecule has 2 rings (SSSR count). The molecule has 17 heavy (non-hydrogen) atoms. The van der Waals surface area contributed by atoms with E-state index in [1.807, 2.05) is 17.0 Å². The molecule has 1 aliphatic rings. The summed E-state index contributed by atoms with van der Waals surface area (Å²) in [6.45, 7) is 6.65. The average Bonchev–Trinajstić information content (AvgIpc) is 2.39. The van der Waals surface area contributed by atoms with E-state index in [0.717, 1.165) is 31.7 Å². The third-order valence-corrected chi connectivity index (χ3v) is 2.94. The molecular formula is C13H19FN2O. The van der Waals surface area contributed by atoms with Gasteiger partial charge in [-0.1, -0.05) is 13.0 Å². The second-order valence-electron chi connectivity index (χ2n) is 4.17. The molecule has 0 amide bonds. The highest BCUT2D eigenvalue weighted by Gasteiger charge is 2.15. The van der Waals surface area contributed by atoms with Crippen molar-refractivity contribution in [3.05, 3.63) is 29.6 Å². The minimum atomic E-state index is -0.146. The summed E-state index contributed by atoms with van der Waals surface area (Å²) in [4.78, 5) is 2.05. The second-order valence-corrected chi connectivity index (χ2v) is 4.17. The minimum absolute atomic E-state index is 0.146. The zero-order valence-corrected chi connectivity index (χ0v) is 10.2. The van der Waals surface area contributed by atoms with Crippen LogP contribution >= 0.6 is 0 Å². The summed E-state index contributed by atoms with van der Waals surface area (Å²) in [5.41, 5.74) is 1.82. The molecule has 0 atom stereocenters. The zero-order valence-electron chi connectivity index (χ0n) is 10.2. The number of morpholine rings is 1. The summed E-state index contributed by atoms with van der Waals surface area (Å²) < 4.78 is 19.1. The summed E-state index contributed by atoms with van der Waals surface area (Å²) in [6.07, 6.45) is 0. The van der Waals surface area contributed by atoms with Crippen LogP contribution in [0.4, 0.5) is 10.1 Å². The molecule has 1 N–H and O–H groups in total. The van der Waals surface area contributed by atoms with E-state index in [1.54, 1.807) is 6.07 Å². The third kappa shape index (κ3) is 3.17. The molecule has 3 nitrogen and oxygen atoms in total. The molecule has 0 aromatic heterocycles. The fourth-order valence-electron chi connectivity index (χ4n) is 1.98. The normalized spacial score (nSPS) is 16.2. The van der Waals surface area contributed by atoms with Crippen molar-refractivity contribution < 1.29 is 9.13 Å². The molecule has 1 aromatic carbocycles. The quantitative estimate of drug-likeness (QED) is 0.865. The van der Waals surface area contributed by atoms with Gasteiger partial charge >= 0.3 is 0 Å².